The minimum Gasteiger partial charge on any atom is -0.460 e. The van der Waals surface area contributed by atoms with Gasteiger partial charge in [-0.1, -0.05) is 6.58 Å². The number of rotatable bonds is 5. The van der Waals surface area contributed by atoms with Gasteiger partial charge in [-0.3, -0.25) is 0 Å². The van der Waals surface area contributed by atoms with Crippen molar-refractivity contribution < 1.29 is 19.7 Å². The van der Waals surface area contributed by atoms with Gasteiger partial charge in [0.2, 0.25) is 0 Å². The normalized spacial score (nSPS) is 12.2. The van der Waals surface area contributed by atoms with Crippen LogP contribution in [0.3, 0.4) is 0 Å². The van der Waals surface area contributed by atoms with Crippen molar-refractivity contribution in [2.24, 2.45) is 0 Å². The summed E-state index contributed by atoms with van der Waals surface area (Å²) < 4.78 is 4.49. The van der Waals surface area contributed by atoms with Gasteiger partial charge in [0, 0.05) is 12.7 Å². The lowest BCUT2D eigenvalue weighted by Gasteiger charge is -2.07. The molecule has 0 aromatic rings. The fraction of sp³-hybridized carbons (Fsp3) is 0.571. The summed E-state index contributed by atoms with van der Waals surface area (Å²) >= 11 is 0. The van der Waals surface area contributed by atoms with Crippen LogP contribution in [0.2, 0.25) is 0 Å². The molecule has 0 aliphatic carbocycles. The van der Waals surface area contributed by atoms with Crippen molar-refractivity contribution in [2.75, 3.05) is 13.2 Å². The van der Waals surface area contributed by atoms with Gasteiger partial charge < -0.3 is 14.9 Å². The molecule has 0 aromatic carbocycles. The second-order valence-corrected chi connectivity index (χ2v) is 2.00. The first-order valence-electron chi connectivity index (χ1n) is 3.28. The smallest absolute Gasteiger partial charge is 0.330 e. The van der Waals surface area contributed by atoms with E-state index in [0.29, 0.717) is 0 Å². The van der Waals surface area contributed by atoms with Crippen LogP contribution in [0, 0.1) is 0 Å². The zero-order valence-electron chi connectivity index (χ0n) is 6.19. The third-order valence-electron chi connectivity index (χ3n) is 1.05. The molecular formula is C7H12O4. The highest BCUT2D eigenvalue weighted by atomic mass is 16.5. The van der Waals surface area contributed by atoms with Gasteiger partial charge in [-0.05, 0) is 6.42 Å². The van der Waals surface area contributed by atoms with Gasteiger partial charge in [-0.15, -0.1) is 0 Å². The summed E-state index contributed by atoms with van der Waals surface area (Å²) in [5.74, 6) is -0.568. The van der Waals surface area contributed by atoms with Gasteiger partial charge in [0.1, 0.15) is 6.61 Å². The predicted octanol–water partition coefficient (Wildman–Crippen LogP) is -0.541. The molecule has 64 valence electrons. The quantitative estimate of drug-likeness (QED) is 0.418. The summed E-state index contributed by atoms with van der Waals surface area (Å²) in [5.41, 5.74) is 0. The molecule has 0 amide bonds. The van der Waals surface area contributed by atoms with E-state index in [1.165, 1.54) is 0 Å². The molecule has 4 nitrogen and oxygen atoms in total. The molecule has 0 aromatic heterocycles. The highest BCUT2D eigenvalue weighted by molar-refractivity contribution is 5.81. The van der Waals surface area contributed by atoms with Gasteiger partial charge in [0.15, 0.2) is 0 Å². The van der Waals surface area contributed by atoms with Crippen molar-refractivity contribution in [1.82, 2.24) is 0 Å². The average molecular weight is 160 g/mol. The highest BCUT2D eigenvalue weighted by Crippen LogP contribution is 1.91. The molecule has 0 rings (SSSR count). The Bertz CT molecular complexity index is 132. The molecule has 0 bridgehead atoms. The fourth-order valence-electron chi connectivity index (χ4n) is 0.470. The first-order valence-corrected chi connectivity index (χ1v) is 3.28. The van der Waals surface area contributed by atoms with E-state index in [1.54, 1.807) is 0 Å². The summed E-state index contributed by atoms with van der Waals surface area (Å²) in [6.07, 6.45) is 0.444. The highest BCUT2D eigenvalue weighted by Gasteiger charge is 2.04. The average Bonchev–Trinajstić information content (AvgIpc) is 2.01. The van der Waals surface area contributed by atoms with Crippen LogP contribution in [0.4, 0.5) is 0 Å². The number of carbonyl (C=O) groups excluding carboxylic acids is 1. The predicted molar refractivity (Wildman–Crippen MR) is 38.9 cm³/mol. The van der Waals surface area contributed by atoms with Crippen molar-refractivity contribution in [1.29, 1.82) is 0 Å². The molecule has 0 spiro atoms. The minimum absolute atomic E-state index is 0.0919. The van der Waals surface area contributed by atoms with Gasteiger partial charge in [0.05, 0.1) is 6.10 Å². The van der Waals surface area contributed by atoms with E-state index >= 15 is 0 Å². The zero-order valence-corrected chi connectivity index (χ0v) is 6.19. The molecule has 0 saturated heterocycles. The number of aliphatic hydroxyl groups excluding tert-OH is 2. The molecule has 0 saturated carbocycles. The van der Waals surface area contributed by atoms with E-state index in [9.17, 15) is 4.79 Å². The molecular weight excluding hydrogens is 148 g/mol. The van der Waals surface area contributed by atoms with Crippen molar-refractivity contribution >= 4 is 5.97 Å². The molecule has 0 aliphatic rings. The lowest BCUT2D eigenvalue weighted by Crippen LogP contribution is -2.18. The largest absolute Gasteiger partial charge is 0.460 e. The Kier molecular flexibility index (Phi) is 5.42. The SMILES string of the molecule is C=CC(=O)OCC(O)CCO. The number of aliphatic hydroxyl groups is 2. The van der Waals surface area contributed by atoms with Gasteiger partial charge >= 0.3 is 5.97 Å². The van der Waals surface area contributed by atoms with Crippen LogP contribution >= 0.6 is 0 Å². The fourth-order valence-corrected chi connectivity index (χ4v) is 0.470. The van der Waals surface area contributed by atoms with Crippen molar-refractivity contribution in [3.63, 3.8) is 0 Å². The maximum Gasteiger partial charge on any atom is 0.330 e. The van der Waals surface area contributed by atoms with Crippen LogP contribution in [-0.2, 0) is 9.53 Å². The molecule has 0 radical (unpaired) electrons. The maximum atomic E-state index is 10.4. The summed E-state index contributed by atoms with van der Waals surface area (Å²) in [6.45, 7) is 2.97. The van der Waals surface area contributed by atoms with Crippen molar-refractivity contribution in [2.45, 2.75) is 12.5 Å². The van der Waals surface area contributed by atoms with Crippen molar-refractivity contribution in [3.05, 3.63) is 12.7 Å². The van der Waals surface area contributed by atoms with E-state index in [1.807, 2.05) is 0 Å². The first-order chi connectivity index (χ1) is 5.20. The van der Waals surface area contributed by atoms with Crippen molar-refractivity contribution in [3.8, 4) is 0 Å². The maximum absolute atomic E-state index is 10.4. The van der Waals surface area contributed by atoms with E-state index < -0.39 is 12.1 Å². The molecule has 1 atom stereocenters. The molecule has 4 heteroatoms. The van der Waals surface area contributed by atoms with E-state index in [4.69, 9.17) is 10.2 Å². The van der Waals surface area contributed by atoms with Crippen LogP contribution in [0.1, 0.15) is 6.42 Å². The molecule has 0 fully saturated rings. The summed E-state index contributed by atoms with van der Waals surface area (Å²) in [5, 5.41) is 17.3. The summed E-state index contributed by atoms with van der Waals surface area (Å²) in [4.78, 5) is 10.4. The number of hydrogen-bond donors (Lipinski definition) is 2. The number of carbonyl (C=O) groups is 1. The Morgan fingerprint density at radius 3 is 2.82 bits per heavy atom. The van der Waals surface area contributed by atoms with Gasteiger partial charge in [-0.2, -0.15) is 0 Å². The number of ether oxygens (including phenoxy) is 1. The lowest BCUT2D eigenvalue weighted by molar-refractivity contribution is -0.140. The lowest BCUT2D eigenvalue weighted by atomic mass is 10.3. The monoisotopic (exact) mass is 160 g/mol. The minimum atomic E-state index is -0.788. The van der Waals surface area contributed by atoms with Crippen LogP contribution in [0.15, 0.2) is 12.7 Å². The molecule has 0 aliphatic heterocycles. The molecule has 0 heterocycles. The topological polar surface area (TPSA) is 66.8 Å². The van der Waals surface area contributed by atoms with Crippen LogP contribution in [-0.4, -0.2) is 35.5 Å². The third-order valence-corrected chi connectivity index (χ3v) is 1.05. The Morgan fingerprint density at radius 2 is 2.36 bits per heavy atom. The Morgan fingerprint density at radius 1 is 1.73 bits per heavy atom. The third kappa shape index (κ3) is 5.57. The summed E-state index contributed by atoms with van der Waals surface area (Å²) in [6, 6.07) is 0. The number of hydrogen-bond acceptors (Lipinski definition) is 4. The number of esters is 1. The molecule has 11 heavy (non-hydrogen) atoms. The zero-order chi connectivity index (χ0) is 8.69. The molecule has 2 N–H and O–H groups in total. The van der Waals surface area contributed by atoms with E-state index in [2.05, 4.69) is 11.3 Å². The van der Waals surface area contributed by atoms with Crippen LogP contribution in [0.25, 0.3) is 0 Å². The second kappa shape index (κ2) is 5.88. The Labute approximate surface area is 65.1 Å². The van der Waals surface area contributed by atoms with Crippen LogP contribution in [0.5, 0.6) is 0 Å². The Balaban J connectivity index is 3.37. The Hall–Kier alpha value is -0.870. The van der Waals surface area contributed by atoms with Gasteiger partial charge in [0.25, 0.3) is 0 Å². The first kappa shape index (κ1) is 10.1. The standard InChI is InChI=1S/C7H12O4/c1-2-7(10)11-5-6(9)3-4-8/h2,6,8-9H,1,3-5H2. The molecule has 1 unspecified atom stereocenters. The van der Waals surface area contributed by atoms with E-state index in [0.717, 1.165) is 6.08 Å². The second-order valence-electron chi connectivity index (χ2n) is 2.00. The van der Waals surface area contributed by atoms with Gasteiger partial charge in [-0.25, -0.2) is 4.79 Å². The van der Waals surface area contributed by atoms with Crippen LogP contribution < -0.4 is 0 Å². The van der Waals surface area contributed by atoms with E-state index in [-0.39, 0.29) is 19.6 Å². The summed E-state index contributed by atoms with van der Waals surface area (Å²) in [7, 11) is 0.